The van der Waals surface area contributed by atoms with Gasteiger partial charge in [-0.15, -0.1) is 0 Å². The second-order valence-corrected chi connectivity index (χ2v) is 3.00. The lowest BCUT2D eigenvalue weighted by Crippen LogP contribution is -2.27. The number of hydrogen-bond donors (Lipinski definition) is 0. The first-order valence-electron chi connectivity index (χ1n) is 3.73. The molecule has 2 heteroatoms. The molecule has 0 aromatic heterocycles. The first-order chi connectivity index (χ1) is 4.75. The lowest BCUT2D eigenvalue weighted by molar-refractivity contribution is -0.131. The van der Waals surface area contributed by atoms with Crippen LogP contribution in [0.3, 0.4) is 0 Å². The number of Topliss-reactive ketones (excluding diaryl/α,β-unsaturated/α-hetero) is 1. The molecule has 0 radical (unpaired) electrons. The van der Waals surface area contributed by atoms with Crippen LogP contribution in [-0.4, -0.2) is 12.1 Å². The summed E-state index contributed by atoms with van der Waals surface area (Å²) in [5.41, 5.74) is 0. The molecule has 0 saturated heterocycles. The van der Waals surface area contributed by atoms with E-state index in [2.05, 4.69) is 0 Å². The summed E-state index contributed by atoms with van der Waals surface area (Å²) in [6, 6.07) is 0. The smallest absolute Gasteiger partial charge is 0.143 e. The van der Waals surface area contributed by atoms with Crippen molar-refractivity contribution in [2.24, 2.45) is 11.8 Å². The fourth-order valence-electron chi connectivity index (χ4n) is 1.47. The Morgan fingerprint density at radius 3 is 2.70 bits per heavy atom. The molecule has 1 aliphatic carbocycles. The largest absolute Gasteiger partial charge is 0.303 e. The van der Waals surface area contributed by atoms with Gasteiger partial charge in [0.15, 0.2) is 0 Å². The molecular formula is C8H12O2. The van der Waals surface area contributed by atoms with E-state index in [-0.39, 0.29) is 17.6 Å². The maximum Gasteiger partial charge on any atom is 0.143 e. The van der Waals surface area contributed by atoms with Crippen molar-refractivity contribution in [3.63, 3.8) is 0 Å². The normalized spacial score (nSPS) is 33.9. The van der Waals surface area contributed by atoms with E-state index in [1.807, 2.05) is 6.92 Å². The monoisotopic (exact) mass is 140 g/mol. The molecule has 56 valence electrons. The molecule has 0 amide bonds. The van der Waals surface area contributed by atoms with Crippen LogP contribution in [0.2, 0.25) is 0 Å². The van der Waals surface area contributed by atoms with Gasteiger partial charge in [0, 0.05) is 6.42 Å². The van der Waals surface area contributed by atoms with Crippen LogP contribution in [0.1, 0.15) is 26.2 Å². The number of aldehydes is 1. The van der Waals surface area contributed by atoms with Crippen molar-refractivity contribution in [2.75, 3.05) is 0 Å². The SMILES string of the molecule is C[C@@H]1CCCC(=O)C1C=O. The Kier molecular flexibility index (Phi) is 2.20. The molecule has 1 fully saturated rings. The summed E-state index contributed by atoms with van der Waals surface area (Å²) in [6.45, 7) is 1.97. The van der Waals surface area contributed by atoms with Gasteiger partial charge in [-0.1, -0.05) is 6.92 Å². The number of rotatable bonds is 1. The highest BCUT2D eigenvalue weighted by atomic mass is 16.1. The van der Waals surface area contributed by atoms with Gasteiger partial charge in [0.1, 0.15) is 12.1 Å². The maximum atomic E-state index is 11.0. The van der Waals surface area contributed by atoms with E-state index in [1.165, 1.54) is 0 Å². The first kappa shape index (κ1) is 7.45. The van der Waals surface area contributed by atoms with Crippen LogP contribution in [0, 0.1) is 11.8 Å². The van der Waals surface area contributed by atoms with Crippen molar-refractivity contribution in [1.29, 1.82) is 0 Å². The molecule has 2 nitrogen and oxygen atoms in total. The summed E-state index contributed by atoms with van der Waals surface area (Å²) in [7, 11) is 0. The number of hydrogen-bond acceptors (Lipinski definition) is 2. The first-order valence-corrected chi connectivity index (χ1v) is 3.73. The van der Waals surface area contributed by atoms with E-state index in [1.54, 1.807) is 0 Å². The van der Waals surface area contributed by atoms with Crippen LogP contribution in [0.25, 0.3) is 0 Å². The van der Waals surface area contributed by atoms with Gasteiger partial charge in [-0.05, 0) is 18.8 Å². The number of carbonyl (C=O) groups excluding carboxylic acids is 2. The molecule has 0 N–H and O–H groups in total. The van der Waals surface area contributed by atoms with Crippen molar-refractivity contribution in [1.82, 2.24) is 0 Å². The molecule has 0 aliphatic heterocycles. The van der Waals surface area contributed by atoms with Gasteiger partial charge in [-0.25, -0.2) is 0 Å². The second-order valence-electron chi connectivity index (χ2n) is 3.00. The van der Waals surface area contributed by atoms with Crippen LogP contribution in [0.4, 0.5) is 0 Å². The fourth-order valence-corrected chi connectivity index (χ4v) is 1.47. The van der Waals surface area contributed by atoms with Crippen LogP contribution in [0.15, 0.2) is 0 Å². The minimum atomic E-state index is -0.297. The van der Waals surface area contributed by atoms with Crippen molar-refractivity contribution in [3.05, 3.63) is 0 Å². The van der Waals surface area contributed by atoms with Gasteiger partial charge in [-0.2, -0.15) is 0 Å². The van der Waals surface area contributed by atoms with Gasteiger partial charge in [0.05, 0.1) is 5.92 Å². The molecule has 0 bridgehead atoms. The highest BCUT2D eigenvalue weighted by molar-refractivity contribution is 5.94. The summed E-state index contributed by atoms with van der Waals surface area (Å²) in [4.78, 5) is 21.4. The van der Waals surface area contributed by atoms with Gasteiger partial charge in [0.2, 0.25) is 0 Å². The Bertz CT molecular complexity index is 151. The van der Waals surface area contributed by atoms with Crippen LogP contribution < -0.4 is 0 Å². The van der Waals surface area contributed by atoms with Crippen LogP contribution in [-0.2, 0) is 9.59 Å². The molecular weight excluding hydrogens is 128 g/mol. The van der Waals surface area contributed by atoms with Gasteiger partial charge >= 0.3 is 0 Å². The minimum Gasteiger partial charge on any atom is -0.303 e. The summed E-state index contributed by atoms with van der Waals surface area (Å²) in [5, 5.41) is 0. The number of carbonyl (C=O) groups is 2. The highest BCUT2D eigenvalue weighted by Gasteiger charge is 2.27. The maximum absolute atomic E-state index is 11.0. The lowest BCUT2D eigenvalue weighted by atomic mass is 9.80. The van der Waals surface area contributed by atoms with Crippen LogP contribution >= 0.6 is 0 Å². The Labute approximate surface area is 60.6 Å². The molecule has 0 aromatic rings. The zero-order valence-electron chi connectivity index (χ0n) is 6.17. The van der Waals surface area contributed by atoms with E-state index < -0.39 is 0 Å². The Hall–Kier alpha value is -0.660. The molecule has 1 unspecified atom stereocenters. The van der Waals surface area contributed by atoms with E-state index in [0.29, 0.717) is 6.42 Å². The average Bonchev–Trinajstić information content (AvgIpc) is 1.88. The Morgan fingerprint density at radius 2 is 2.30 bits per heavy atom. The molecule has 2 atom stereocenters. The second kappa shape index (κ2) is 2.95. The molecule has 1 saturated carbocycles. The van der Waals surface area contributed by atoms with Crippen molar-refractivity contribution < 1.29 is 9.59 Å². The van der Waals surface area contributed by atoms with Crippen molar-refractivity contribution in [3.8, 4) is 0 Å². The fraction of sp³-hybridized carbons (Fsp3) is 0.750. The standard InChI is InChI=1S/C8H12O2/c1-6-3-2-4-8(10)7(6)5-9/h5-7H,2-4H2,1H3/t6-,7?/m1/s1. The van der Waals surface area contributed by atoms with Gasteiger partial charge in [0.25, 0.3) is 0 Å². The average molecular weight is 140 g/mol. The number of ketones is 1. The predicted molar refractivity (Wildman–Crippen MR) is 37.6 cm³/mol. The molecule has 0 aromatic carbocycles. The lowest BCUT2D eigenvalue weighted by Gasteiger charge is -2.22. The third-order valence-corrected chi connectivity index (χ3v) is 2.21. The van der Waals surface area contributed by atoms with E-state index in [9.17, 15) is 9.59 Å². The van der Waals surface area contributed by atoms with Crippen LogP contribution in [0.5, 0.6) is 0 Å². The Morgan fingerprint density at radius 1 is 1.60 bits per heavy atom. The highest BCUT2D eigenvalue weighted by Crippen LogP contribution is 2.24. The van der Waals surface area contributed by atoms with Crippen molar-refractivity contribution in [2.45, 2.75) is 26.2 Å². The quantitative estimate of drug-likeness (QED) is 0.405. The zero-order valence-corrected chi connectivity index (χ0v) is 6.17. The molecule has 0 spiro atoms. The third kappa shape index (κ3) is 1.25. The summed E-state index contributed by atoms with van der Waals surface area (Å²) in [5.74, 6) is 0.112. The van der Waals surface area contributed by atoms with E-state index in [4.69, 9.17) is 0 Å². The molecule has 1 rings (SSSR count). The summed E-state index contributed by atoms with van der Waals surface area (Å²) < 4.78 is 0. The van der Waals surface area contributed by atoms with Gasteiger partial charge < -0.3 is 4.79 Å². The molecule has 0 heterocycles. The summed E-state index contributed by atoms with van der Waals surface area (Å²) >= 11 is 0. The molecule has 10 heavy (non-hydrogen) atoms. The predicted octanol–water partition coefficient (Wildman–Crippen LogP) is 1.19. The minimum absolute atomic E-state index is 0.133. The zero-order chi connectivity index (χ0) is 7.56. The summed E-state index contributed by atoms with van der Waals surface area (Å²) in [6.07, 6.45) is 3.39. The molecule has 1 aliphatic rings. The van der Waals surface area contributed by atoms with Crippen molar-refractivity contribution >= 4 is 12.1 Å². The van der Waals surface area contributed by atoms with E-state index in [0.717, 1.165) is 19.1 Å². The Balaban J connectivity index is 2.62. The van der Waals surface area contributed by atoms with Gasteiger partial charge in [-0.3, -0.25) is 4.79 Å². The third-order valence-electron chi connectivity index (χ3n) is 2.21. The topological polar surface area (TPSA) is 34.1 Å². The van der Waals surface area contributed by atoms with E-state index >= 15 is 0 Å².